The maximum atomic E-state index is 12.5. The molecule has 1 aromatic heterocycles. The summed E-state index contributed by atoms with van der Waals surface area (Å²) < 4.78 is 0. The Morgan fingerprint density at radius 2 is 1.63 bits per heavy atom. The highest BCUT2D eigenvalue weighted by Crippen LogP contribution is 2.15. The summed E-state index contributed by atoms with van der Waals surface area (Å²) in [6.45, 7) is 11.1. The SMILES string of the molecule is CCN(CC)C(=O)c1cccc(NC(=O)c2ccc(N(CC)CC)nc2)c1. The van der Waals surface area contributed by atoms with E-state index >= 15 is 0 Å². The predicted molar refractivity (Wildman–Crippen MR) is 109 cm³/mol. The van der Waals surface area contributed by atoms with Crippen molar-refractivity contribution in [1.29, 1.82) is 0 Å². The van der Waals surface area contributed by atoms with E-state index < -0.39 is 0 Å². The monoisotopic (exact) mass is 368 g/mol. The van der Waals surface area contributed by atoms with Gasteiger partial charge < -0.3 is 15.1 Å². The molecule has 0 fully saturated rings. The molecule has 2 aromatic rings. The zero-order valence-electron chi connectivity index (χ0n) is 16.5. The maximum absolute atomic E-state index is 12.5. The number of hydrogen-bond donors (Lipinski definition) is 1. The molecular formula is C21H28N4O2. The second-order valence-corrected chi connectivity index (χ2v) is 6.09. The van der Waals surface area contributed by atoms with Crippen LogP contribution in [-0.4, -0.2) is 47.9 Å². The van der Waals surface area contributed by atoms with Gasteiger partial charge in [0.05, 0.1) is 5.56 Å². The van der Waals surface area contributed by atoms with Crippen LogP contribution >= 0.6 is 0 Å². The van der Waals surface area contributed by atoms with Gasteiger partial charge in [-0.1, -0.05) is 6.07 Å². The Hall–Kier alpha value is -2.89. The van der Waals surface area contributed by atoms with E-state index in [1.807, 2.05) is 19.9 Å². The van der Waals surface area contributed by atoms with Crippen LogP contribution in [0.15, 0.2) is 42.6 Å². The van der Waals surface area contributed by atoms with Gasteiger partial charge in [-0.25, -0.2) is 4.98 Å². The van der Waals surface area contributed by atoms with Gasteiger partial charge in [-0.15, -0.1) is 0 Å². The summed E-state index contributed by atoms with van der Waals surface area (Å²) in [5, 5.41) is 2.84. The van der Waals surface area contributed by atoms with Crippen LogP contribution < -0.4 is 10.2 Å². The minimum Gasteiger partial charge on any atom is -0.357 e. The summed E-state index contributed by atoms with van der Waals surface area (Å²) in [5.41, 5.74) is 1.63. The van der Waals surface area contributed by atoms with Gasteiger partial charge in [0.15, 0.2) is 0 Å². The Bertz CT molecular complexity index is 766. The predicted octanol–water partition coefficient (Wildman–Crippen LogP) is 3.66. The third-order valence-electron chi connectivity index (χ3n) is 4.52. The summed E-state index contributed by atoms with van der Waals surface area (Å²) in [7, 11) is 0. The van der Waals surface area contributed by atoms with Crippen LogP contribution in [-0.2, 0) is 0 Å². The summed E-state index contributed by atoms with van der Waals surface area (Å²) in [6, 6.07) is 10.6. The molecule has 6 heteroatoms. The number of carbonyl (C=O) groups is 2. The standard InChI is InChI=1S/C21H28N4O2/c1-5-24(6-2)19-13-12-17(15-22-19)20(26)23-18-11-9-10-16(14-18)21(27)25(7-3)8-4/h9-15H,5-8H2,1-4H3,(H,23,26). The first-order chi connectivity index (χ1) is 13.0. The van der Waals surface area contributed by atoms with Gasteiger partial charge in [0.25, 0.3) is 11.8 Å². The second-order valence-electron chi connectivity index (χ2n) is 6.09. The molecule has 2 amide bonds. The first-order valence-corrected chi connectivity index (χ1v) is 9.45. The fourth-order valence-corrected chi connectivity index (χ4v) is 2.88. The number of aromatic nitrogens is 1. The van der Waals surface area contributed by atoms with Crippen molar-refractivity contribution in [2.24, 2.45) is 0 Å². The maximum Gasteiger partial charge on any atom is 0.257 e. The fraction of sp³-hybridized carbons (Fsp3) is 0.381. The molecule has 27 heavy (non-hydrogen) atoms. The van der Waals surface area contributed by atoms with Crippen molar-refractivity contribution >= 4 is 23.3 Å². The second kappa shape index (κ2) is 9.71. The molecule has 0 aliphatic rings. The Kier molecular flexibility index (Phi) is 7.34. The molecule has 0 saturated carbocycles. The highest BCUT2D eigenvalue weighted by molar-refractivity contribution is 6.05. The average Bonchev–Trinajstić information content (AvgIpc) is 2.70. The van der Waals surface area contributed by atoms with Crippen LogP contribution in [0.3, 0.4) is 0 Å². The molecule has 1 N–H and O–H groups in total. The molecule has 144 valence electrons. The van der Waals surface area contributed by atoms with E-state index in [1.165, 1.54) is 0 Å². The van der Waals surface area contributed by atoms with Gasteiger partial charge in [-0.2, -0.15) is 0 Å². The van der Waals surface area contributed by atoms with Crippen molar-refractivity contribution in [2.75, 3.05) is 36.4 Å². The minimum atomic E-state index is -0.249. The number of benzene rings is 1. The zero-order valence-corrected chi connectivity index (χ0v) is 16.5. The van der Waals surface area contributed by atoms with Gasteiger partial charge in [-0.05, 0) is 58.0 Å². The smallest absolute Gasteiger partial charge is 0.257 e. The number of amides is 2. The molecule has 0 radical (unpaired) electrons. The number of nitrogens with one attached hydrogen (secondary N) is 1. The van der Waals surface area contributed by atoms with E-state index in [0.717, 1.165) is 18.9 Å². The quantitative estimate of drug-likeness (QED) is 0.772. The van der Waals surface area contributed by atoms with E-state index in [1.54, 1.807) is 41.4 Å². The van der Waals surface area contributed by atoms with Crippen LogP contribution in [0.25, 0.3) is 0 Å². The van der Waals surface area contributed by atoms with E-state index in [9.17, 15) is 9.59 Å². The molecule has 0 bridgehead atoms. The molecule has 6 nitrogen and oxygen atoms in total. The van der Waals surface area contributed by atoms with Gasteiger partial charge in [0.2, 0.25) is 0 Å². The lowest BCUT2D eigenvalue weighted by Gasteiger charge is -2.19. The van der Waals surface area contributed by atoms with Crippen molar-refractivity contribution in [2.45, 2.75) is 27.7 Å². The number of hydrogen-bond acceptors (Lipinski definition) is 4. The zero-order chi connectivity index (χ0) is 19.8. The van der Waals surface area contributed by atoms with Crippen LogP contribution in [0.4, 0.5) is 11.5 Å². The number of carbonyl (C=O) groups excluding carboxylic acids is 2. The lowest BCUT2D eigenvalue weighted by Crippen LogP contribution is -2.30. The minimum absolute atomic E-state index is 0.0404. The van der Waals surface area contributed by atoms with Gasteiger partial charge in [0, 0.05) is 43.6 Å². The van der Waals surface area contributed by atoms with Crippen molar-refractivity contribution in [3.05, 3.63) is 53.7 Å². The van der Waals surface area contributed by atoms with Gasteiger partial charge >= 0.3 is 0 Å². The van der Waals surface area contributed by atoms with Gasteiger partial charge in [-0.3, -0.25) is 9.59 Å². The number of nitrogens with zero attached hydrogens (tertiary/aromatic N) is 3. The topological polar surface area (TPSA) is 65.5 Å². The molecule has 1 heterocycles. The molecular weight excluding hydrogens is 340 g/mol. The van der Waals surface area contributed by atoms with E-state index in [4.69, 9.17) is 0 Å². The average molecular weight is 368 g/mol. The van der Waals surface area contributed by atoms with E-state index in [0.29, 0.717) is 29.9 Å². The summed E-state index contributed by atoms with van der Waals surface area (Å²) in [6.07, 6.45) is 1.58. The Morgan fingerprint density at radius 1 is 0.926 bits per heavy atom. The molecule has 0 spiro atoms. The van der Waals surface area contributed by atoms with Crippen molar-refractivity contribution in [3.8, 4) is 0 Å². The molecule has 0 unspecified atom stereocenters. The molecule has 1 aromatic carbocycles. The van der Waals surface area contributed by atoms with Gasteiger partial charge in [0.1, 0.15) is 5.82 Å². The van der Waals surface area contributed by atoms with Crippen molar-refractivity contribution < 1.29 is 9.59 Å². The summed E-state index contributed by atoms with van der Waals surface area (Å²) in [4.78, 5) is 33.2. The largest absolute Gasteiger partial charge is 0.357 e. The van der Waals surface area contributed by atoms with Crippen molar-refractivity contribution in [1.82, 2.24) is 9.88 Å². The summed E-state index contributed by atoms with van der Waals surface area (Å²) >= 11 is 0. The third kappa shape index (κ3) is 5.06. The Labute approximate surface area is 161 Å². The molecule has 0 aliphatic carbocycles. The molecule has 2 rings (SSSR count). The first kappa shape index (κ1) is 20.4. The van der Waals surface area contributed by atoms with Crippen molar-refractivity contribution in [3.63, 3.8) is 0 Å². The Morgan fingerprint density at radius 3 is 2.19 bits per heavy atom. The normalized spacial score (nSPS) is 10.4. The number of anilines is 2. The van der Waals surface area contributed by atoms with E-state index in [2.05, 4.69) is 29.0 Å². The molecule has 0 atom stereocenters. The van der Waals surface area contributed by atoms with Crippen LogP contribution in [0, 0.1) is 0 Å². The lowest BCUT2D eigenvalue weighted by molar-refractivity contribution is 0.0772. The third-order valence-corrected chi connectivity index (χ3v) is 4.52. The molecule has 0 aliphatic heterocycles. The van der Waals surface area contributed by atoms with E-state index in [-0.39, 0.29) is 11.8 Å². The molecule has 0 saturated heterocycles. The van der Waals surface area contributed by atoms with Crippen LogP contribution in [0.1, 0.15) is 48.4 Å². The summed E-state index contributed by atoms with van der Waals surface area (Å²) in [5.74, 6) is 0.561. The first-order valence-electron chi connectivity index (χ1n) is 9.45. The lowest BCUT2D eigenvalue weighted by atomic mass is 10.1. The number of pyridine rings is 1. The van der Waals surface area contributed by atoms with Crippen LogP contribution in [0.5, 0.6) is 0 Å². The Balaban J connectivity index is 2.12. The highest BCUT2D eigenvalue weighted by Gasteiger charge is 2.14. The fourth-order valence-electron chi connectivity index (χ4n) is 2.88. The number of rotatable bonds is 8. The highest BCUT2D eigenvalue weighted by atomic mass is 16.2. The van der Waals surface area contributed by atoms with Crippen LogP contribution in [0.2, 0.25) is 0 Å².